The molecule has 6 nitrogen and oxygen atoms in total. The number of para-hydroxylation sites is 2. The van der Waals surface area contributed by atoms with Crippen molar-refractivity contribution < 1.29 is 8.83 Å². The molecule has 0 spiro atoms. The number of nitrogens with zero attached hydrogens (tertiary/aromatic N) is 4. The molecule has 292 valence electrons. The highest BCUT2D eigenvalue weighted by atomic mass is 16.3. The van der Waals surface area contributed by atoms with Crippen molar-refractivity contribution in [3.63, 3.8) is 0 Å². The van der Waals surface area contributed by atoms with Crippen LogP contribution in [0.15, 0.2) is 215 Å². The molecule has 0 amide bonds. The molecule has 0 atom stereocenters. The quantitative estimate of drug-likeness (QED) is 0.153. The highest BCUT2D eigenvalue weighted by molar-refractivity contribution is 6.20. The largest absolute Gasteiger partial charge is 0.456 e. The van der Waals surface area contributed by atoms with Crippen LogP contribution in [-0.4, -0.2) is 15.0 Å². The zero-order chi connectivity index (χ0) is 41.0. The second kappa shape index (κ2) is 14.7. The van der Waals surface area contributed by atoms with Crippen molar-refractivity contribution >= 4 is 71.7 Å². The lowest BCUT2D eigenvalue weighted by atomic mass is 9.95. The molecule has 62 heavy (non-hydrogen) atoms. The first kappa shape index (κ1) is 35.6. The fourth-order valence-corrected chi connectivity index (χ4v) is 8.84. The van der Waals surface area contributed by atoms with E-state index >= 15 is 0 Å². The van der Waals surface area contributed by atoms with Crippen LogP contribution in [0, 0.1) is 0 Å². The van der Waals surface area contributed by atoms with Crippen LogP contribution in [0.4, 0.5) is 17.1 Å². The van der Waals surface area contributed by atoms with Crippen molar-refractivity contribution in [3.8, 4) is 33.9 Å². The summed E-state index contributed by atoms with van der Waals surface area (Å²) < 4.78 is 13.0. The molecule has 3 aromatic heterocycles. The lowest BCUT2D eigenvalue weighted by Crippen LogP contribution is -2.09. The van der Waals surface area contributed by atoms with Gasteiger partial charge in [-0.25, -0.2) is 15.0 Å². The van der Waals surface area contributed by atoms with Crippen LogP contribution in [0.2, 0.25) is 0 Å². The van der Waals surface area contributed by atoms with E-state index in [1.807, 2.05) is 78.9 Å². The number of hydrogen-bond acceptors (Lipinski definition) is 6. The summed E-state index contributed by atoms with van der Waals surface area (Å²) in [4.78, 5) is 17.5. The number of rotatable bonds is 8. The Morgan fingerprint density at radius 2 is 0.935 bits per heavy atom. The third kappa shape index (κ3) is 6.25. The van der Waals surface area contributed by atoms with E-state index in [0.29, 0.717) is 23.9 Å². The molecular formula is C56H36N4O2. The Hall–Kier alpha value is -8.35. The molecule has 0 fully saturated rings. The number of anilines is 3. The van der Waals surface area contributed by atoms with E-state index in [-0.39, 0.29) is 0 Å². The molecule has 0 unspecified atom stereocenters. The number of fused-ring (bicyclic) bond motifs is 8. The Labute approximate surface area is 357 Å². The van der Waals surface area contributed by atoms with Crippen molar-refractivity contribution in [2.75, 3.05) is 4.90 Å². The summed E-state index contributed by atoms with van der Waals surface area (Å²) >= 11 is 0. The van der Waals surface area contributed by atoms with Gasteiger partial charge in [-0.1, -0.05) is 140 Å². The molecule has 3 heterocycles. The third-order valence-corrected chi connectivity index (χ3v) is 11.7. The first-order valence-corrected chi connectivity index (χ1v) is 20.8. The first-order chi connectivity index (χ1) is 30.7. The second-order valence-electron chi connectivity index (χ2n) is 15.6. The lowest BCUT2D eigenvalue weighted by Gasteiger charge is -2.25. The highest BCUT2D eigenvalue weighted by Crippen LogP contribution is 2.42. The van der Waals surface area contributed by atoms with Gasteiger partial charge in [-0.3, -0.25) is 0 Å². The van der Waals surface area contributed by atoms with Gasteiger partial charge < -0.3 is 13.7 Å². The zero-order valence-electron chi connectivity index (χ0n) is 33.4. The molecule has 0 bridgehead atoms. The van der Waals surface area contributed by atoms with Gasteiger partial charge in [0.2, 0.25) is 0 Å². The Bertz CT molecular complexity index is 3540. The Balaban J connectivity index is 1.01. The molecule has 0 aliphatic rings. The van der Waals surface area contributed by atoms with Gasteiger partial charge in [-0.05, 0) is 94.2 Å². The molecule has 6 heteroatoms. The van der Waals surface area contributed by atoms with E-state index in [0.717, 1.165) is 99.5 Å². The molecule has 12 rings (SSSR count). The van der Waals surface area contributed by atoms with Gasteiger partial charge >= 0.3 is 0 Å². The van der Waals surface area contributed by atoms with Crippen LogP contribution in [0.3, 0.4) is 0 Å². The van der Waals surface area contributed by atoms with Gasteiger partial charge in [0.25, 0.3) is 0 Å². The van der Waals surface area contributed by atoms with E-state index in [2.05, 4.69) is 132 Å². The predicted octanol–water partition coefficient (Wildman–Crippen LogP) is 14.9. The lowest BCUT2D eigenvalue weighted by molar-refractivity contribution is 0.668. The fourth-order valence-electron chi connectivity index (χ4n) is 8.84. The van der Waals surface area contributed by atoms with E-state index in [1.165, 1.54) is 0 Å². The molecule has 12 aromatic rings. The molecular weight excluding hydrogens is 761 g/mol. The molecule has 0 aliphatic heterocycles. The summed E-state index contributed by atoms with van der Waals surface area (Å²) in [5.41, 5.74) is 11.6. The summed E-state index contributed by atoms with van der Waals surface area (Å²) in [7, 11) is 0. The number of hydrogen-bond donors (Lipinski definition) is 0. The average Bonchev–Trinajstić information content (AvgIpc) is 3.91. The van der Waals surface area contributed by atoms with Gasteiger partial charge in [-0.15, -0.1) is 0 Å². The number of furan rings is 2. The maximum Gasteiger partial charge on any atom is 0.163 e. The fraction of sp³-hybridized carbons (Fsp3) is 0.0179. The minimum absolute atomic E-state index is 0.468. The summed E-state index contributed by atoms with van der Waals surface area (Å²) in [6, 6.07) is 71.3. The molecule has 0 radical (unpaired) electrons. The maximum absolute atomic E-state index is 6.75. The zero-order valence-corrected chi connectivity index (χ0v) is 33.4. The monoisotopic (exact) mass is 796 g/mol. The number of benzene rings is 9. The summed E-state index contributed by atoms with van der Waals surface area (Å²) in [6.07, 6.45) is 0.468. The van der Waals surface area contributed by atoms with Crippen LogP contribution < -0.4 is 4.90 Å². The Kier molecular flexibility index (Phi) is 8.45. The van der Waals surface area contributed by atoms with E-state index < -0.39 is 0 Å². The smallest absolute Gasteiger partial charge is 0.163 e. The van der Waals surface area contributed by atoms with Crippen molar-refractivity contribution in [3.05, 3.63) is 218 Å². The minimum Gasteiger partial charge on any atom is -0.456 e. The molecule has 9 aromatic carbocycles. The predicted molar refractivity (Wildman–Crippen MR) is 252 cm³/mol. The van der Waals surface area contributed by atoms with Gasteiger partial charge in [-0.2, -0.15) is 0 Å². The van der Waals surface area contributed by atoms with E-state index in [1.54, 1.807) is 0 Å². The van der Waals surface area contributed by atoms with Gasteiger partial charge in [0.15, 0.2) is 11.6 Å². The van der Waals surface area contributed by atoms with Crippen LogP contribution in [0.1, 0.15) is 11.4 Å². The van der Waals surface area contributed by atoms with Gasteiger partial charge in [0.05, 0.1) is 0 Å². The molecule has 0 aliphatic carbocycles. The van der Waals surface area contributed by atoms with Gasteiger partial charge in [0, 0.05) is 56.2 Å². The number of aromatic nitrogens is 3. The second-order valence-corrected chi connectivity index (χ2v) is 15.6. The van der Waals surface area contributed by atoms with Crippen LogP contribution in [-0.2, 0) is 6.42 Å². The van der Waals surface area contributed by atoms with Crippen LogP contribution >= 0.6 is 0 Å². The Morgan fingerprint density at radius 3 is 1.68 bits per heavy atom. The topological polar surface area (TPSA) is 68.2 Å². The molecule has 0 N–H and O–H groups in total. The van der Waals surface area contributed by atoms with Crippen molar-refractivity contribution in [2.45, 2.75) is 6.42 Å². The Morgan fingerprint density at radius 1 is 0.355 bits per heavy atom. The standard InChI is InChI=1S/C56H36N4O2/c1-4-15-38(16-5-1)55-57-52(58-56(59-55)39-17-6-2-7-18-39)34-41-32-40(33-51-53(41)54-45-21-11-10-14-37(45)26-30-50(54)62-51)36-24-27-43(28-25-36)60(42-19-8-3-9-20-42)44-29-31-49-47(35-44)46-22-12-13-23-48(46)61-49/h1-33,35H,34H2. The van der Waals surface area contributed by atoms with E-state index in [9.17, 15) is 0 Å². The highest BCUT2D eigenvalue weighted by Gasteiger charge is 2.20. The summed E-state index contributed by atoms with van der Waals surface area (Å²) in [6.45, 7) is 0. The average molecular weight is 797 g/mol. The molecule has 0 saturated heterocycles. The summed E-state index contributed by atoms with van der Waals surface area (Å²) in [5, 5.41) is 6.65. The SMILES string of the molecule is c1ccc(-c2nc(Cc3cc(-c4ccc(N(c5ccccc5)c5ccc6oc7ccccc7c6c5)cc4)cc4oc5ccc6ccccc6c5c34)nc(-c3ccccc3)n2)cc1. The van der Waals surface area contributed by atoms with Crippen LogP contribution in [0.5, 0.6) is 0 Å². The van der Waals surface area contributed by atoms with E-state index in [4.69, 9.17) is 23.8 Å². The van der Waals surface area contributed by atoms with Crippen molar-refractivity contribution in [2.24, 2.45) is 0 Å². The minimum atomic E-state index is 0.468. The van der Waals surface area contributed by atoms with Crippen molar-refractivity contribution in [1.29, 1.82) is 0 Å². The first-order valence-electron chi connectivity index (χ1n) is 20.8. The maximum atomic E-state index is 6.75. The summed E-state index contributed by atoms with van der Waals surface area (Å²) in [5.74, 6) is 1.97. The third-order valence-electron chi connectivity index (χ3n) is 11.7. The van der Waals surface area contributed by atoms with Gasteiger partial charge in [0.1, 0.15) is 28.2 Å². The molecule has 0 saturated carbocycles. The normalized spacial score (nSPS) is 11.6. The van der Waals surface area contributed by atoms with Crippen molar-refractivity contribution in [1.82, 2.24) is 15.0 Å². The van der Waals surface area contributed by atoms with Crippen LogP contribution in [0.25, 0.3) is 88.6 Å².